The van der Waals surface area contributed by atoms with Crippen LogP contribution < -0.4 is 5.32 Å². The summed E-state index contributed by atoms with van der Waals surface area (Å²) in [5.41, 5.74) is 2.07. The molecule has 0 aliphatic carbocycles. The minimum atomic E-state index is -0.236. The van der Waals surface area contributed by atoms with E-state index in [1.165, 1.54) is 16.8 Å². The van der Waals surface area contributed by atoms with Crippen molar-refractivity contribution in [1.82, 2.24) is 10.3 Å². The maximum absolute atomic E-state index is 13.2. The minimum Gasteiger partial charge on any atom is -0.313 e. The van der Waals surface area contributed by atoms with Gasteiger partial charge in [0.25, 0.3) is 0 Å². The third kappa shape index (κ3) is 3.15. The monoisotopic (exact) mass is 364 g/mol. The van der Waals surface area contributed by atoms with Crippen LogP contribution in [0, 0.1) is 5.82 Å². The SMILES string of the molecule is CNC(Cc1nc2ccccc2s1)c1ccc(F)cc1Br. The Morgan fingerprint density at radius 3 is 2.81 bits per heavy atom. The van der Waals surface area contributed by atoms with Gasteiger partial charge in [0.1, 0.15) is 5.82 Å². The van der Waals surface area contributed by atoms with E-state index in [9.17, 15) is 4.39 Å². The first-order chi connectivity index (χ1) is 10.2. The number of likely N-dealkylation sites (N-methyl/N-ethyl adjacent to an activating group) is 1. The molecular formula is C16H14BrFN2S. The van der Waals surface area contributed by atoms with Crippen molar-refractivity contribution in [1.29, 1.82) is 0 Å². The highest BCUT2D eigenvalue weighted by Crippen LogP contribution is 2.29. The second-order valence-corrected chi connectivity index (χ2v) is 6.76. The molecular weight excluding hydrogens is 351 g/mol. The smallest absolute Gasteiger partial charge is 0.124 e. The van der Waals surface area contributed by atoms with E-state index in [0.717, 1.165) is 27.0 Å². The topological polar surface area (TPSA) is 24.9 Å². The van der Waals surface area contributed by atoms with E-state index in [1.807, 2.05) is 31.3 Å². The van der Waals surface area contributed by atoms with Crippen molar-refractivity contribution >= 4 is 37.5 Å². The van der Waals surface area contributed by atoms with Gasteiger partial charge in [0, 0.05) is 16.9 Å². The van der Waals surface area contributed by atoms with Crippen LogP contribution in [0.15, 0.2) is 46.9 Å². The number of hydrogen-bond acceptors (Lipinski definition) is 3. The van der Waals surface area contributed by atoms with E-state index in [0.29, 0.717) is 0 Å². The predicted octanol–water partition coefficient (Wildman–Crippen LogP) is 4.70. The quantitative estimate of drug-likeness (QED) is 0.725. The second-order valence-electron chi connectivity index (χ2n) is 4.79. The number of thiazole rings is 1. The summed E-state index contributed by atoms with van der Waals surface area (Å²) in [7, 11) is 1.91. The average molecular weight is 365 g/mol. The number of para-hydroxylation sites is 1. The molecule has 0 aliphatic rings. The van der Waals surface area contributed by atoms with E-state index in [-0.39, 0.29) is 11.9 Å². The molecule has 2 nitrogen and oxygen atoms in total. The first-order valence-corrected chi connectivity index (χ1v) is 8.25. The molecule has 0 amide bonds. The number of aromatic nitrogens is 1. The lowest BCUT2D eigenvalue weighted by molar-refractivity contribution is 0.582. The zero-order valence-corrected chi connectivity index (χ0v) is 13.8. The van der Waals surface area contributed by atoms with Gasteiger partial charge in [-0.3, -0.25) is 0 Å². The van der Waals surface area contributed by atoms with Crippen LogP contribution in [0.5, 0.6) is 0 Å². The standard InChI is InChI=1S/C16H14BrFN2S/c1-19-14(11-7-6-10(18)8-12(11)17)9-16-20-13-4-2-3-5-15(13)21-16/h2-8,14,19H,9H2,1H3. The molecule has 21 heavy (non-hydrogen) atoms. The molecule has 5 heteroatoms. The molecule has 2 aromatic carbocycles. The summed E-state index contributed by atoms with van der Waals surface area (Å²) in [6.07, 6.45) is 0.778. The average Bonchev–Trinajstić information content (AvgIpc) is 2.87. The molecule has 0 bridgehead atoms. The van der Waals surface area contributed by atoms with Crippen LogP contribution in [0.1, 0.15) is 16.6 Å². The summed E-state index contributed by atoms with van der Waals surface area (Å²) < 4.78 is 15.2. The number of rotatable bonds is 4. The predicted molar refractivity (Wildman–Crippen MR) is 89.2 cm³/mol. The van der Waals surface area contributed by atoms with Gasteiger partial charge >= 0.3 is 0 Å². The summed E-state index contributed by atoms with van der Waals surface area (Å²) in [4.78, 5) is 4.66. The molecule has 108 valence electrons. The van der Waals surface area contributed by atoms with Crippen molar-refractivity contribution in [3.05, 3.63) is 63.3 Å². The first-order valence-electron chi connectivity index (χ1n) is 6.64. The summed E-state index contributed by atoms with van der Waals surface area (Å²) in [6, 6.07) is 13.0. The van der Waals surface area contributed by atoms with Crippen molar-refractivity contribution < 1.29 is 4.39 Å². The van der Waals surface area contributed by atoms with Crippen molar-refractivity contribution in [2.24, 2.45) is 0 Å². The lowest BCUT2D eigenvalue weighted by atomic mass is 10.0. The van der Waals surface area contributed by atoms with Crippen LogP contribution in [0.4, 0.5) is 4.39 Å². The summed E-state index contributed by atoms with van der Waals surface area (Å²) >= 11 is 5.14. The Labute approximate surface area is 135 Å². The van der Waals surface area contributed by atoms with Gasteiger partial charge in [-0.25, -0.2) is 9.37 Å². The van der Waals surface area contributed by atoms with Crippen molar-refractivity contribution in [3.8, 4) is 0 Å². The lowest BCUT2D eigenvalue weighted by Crippen LogP contribution is -2.19. The largest absolute Gasteiger partial charge is 0.313 e. The summed E-state index contributed by atoms with van der Waals surface area (Å²) in [5, 5.41) is 4.36. The lowest BCUT2D eigenvalue weighted by Gasteiger charge is -2.17. The van der Waals surface area contributed by atoms with Gasteiger partial charge < -0.3 is 5.32 Å². The molecule has 0 fully saturated rings. The number of benzene rings is 2. The molecule has 0 saturated heterocycles. The van der Waals surface area contributed by atoms with Gasteiger partial charge in [0.2, 0.25) is 0 Å². The molecule has 1 atom stereocenters. The third-order valence-electron chi connectivity index (χ3n) is 3.40. The Kier molecular flexibility index (Phi) is 4.33. The molecule has 0 spiro atoms. The zero-order chi connectivity index (χ0) is 14.8. The van der Waals surface area contributed by atoms with Crippen LogP contribution >= 0.6 is 27.3 Å². The van der Waals surface area contributed by atoms with Crippen LogP contribution in [0.3, 0.4) is 0 Å². The third-order valence-corrected chi connectivity index (χ3v) is 5.15. The maximum atomic E-state index is 13.2. The Hall–Kier alpha value is -1.30. The first kappa shape index (κ1) is 14.6. The van der Waals surface area contributed by atoms with Crippen molar-refractivity contribution in [2.75, 3.05) is 7.05 Å². The van der Waals surface area contributed by atoms with Crippen molar-refractivity contribution in [3.63, 3.8) is 0 Å². The Balaban J connectivity index is 1.90. The summed E-state index contributed by atoms with van der Waals surface area (Å²) in [6.45, 7) is 0. The molecule has 1 heterocycles. The highest BCUT2D eigenvalue weighted by atomic mass is 79.9. The van der Waals surface area contributed by atoms with E-state index in [2.05, 4.69) is 32.3 Å². The fourth-order valence-corrected chi connectivity index (χ4v) is 3.97. The fourth-order valence-electron chi connectivity index (χ4n) is 2.33. The number of nitrogens with zero attached hydrogens (tertiary/aromatic N) is 1. The normalized spacial score (nSPS) is 12.7. The van der Waals surface area contributed by atoms with E-state index in [4.69, 9.17) is 0 Å². The second kappa shape index (κ2) is 6.22. The van der Waals surface area contributed by atoms with Gasteiger partial charge in [-0.05, 0) is 36.9 Å². The van der Waals surface area contributed by atoms with E-state index in [1.54, 1.807) is 11.3 Å². The summed E-state index contributed by atoms with van der Waals surface area (Å²) in [5.74, 6) is -0.236. The molecule has 1 unspecified atom stereocenters. The Bertz CT molecular complexity index is 739. The van der Waals surface area contributed by atoms with Gasteiger partial charge in [0.05, 0.1) is 15.2 Å². The number of hydrogen-bond donors (Lipinski definition) is 1. The molecule has 1 aromatic heterocycles. The zero-order valence-electron chi connectivity index (χ0n) is 11.4. The van der Waals surface area contributed by atoms with Crippen LogP contribution in [-0.4, -0.2) is 12.0 Å². The Morgan fingerprint density at radius 2 is 2.10 bits per heavy atom. The van der Waals surface area contributed by atoms with Gasteiger partial charge in [-0.2, -0.15) is 0 Å². The van der Waals surface area contributed by atoms with Crippen LogP contribution in [0.25, 0.3) is 10.2 Å². The molecule has 3 rings (SSSR count). The fraction of sp³-hybridized carbons (Fsp3) is 0.188. The molecule has 1 N–H and O–H groups in total. The van der Waals surface area contributed by atoms with E-state index < -0.39 is 0 Å². The van der Waals surface area contributed by atoms with Crippen molar-refractivity contribution in [2.45, 2.75) is 12.5 Å². The molecule has 0 saturated carbocycles. The minimum absolute atomic E-state index is 0.0977. The molecule has 0 aliphatic heterocycles. The van der Waals surface area contributed by atoms with Gasteiger partial charge in [-0.1, -0.05) is 34.1 Å². The number of fused-ring (bicyclic) bond motifs is 1. The number of nitrogens with one attached hydrogen (secondary N) is 1. The highest BCUT2D eigenvalue weighted by molar-refractivity contribution is 9.10. The van der Waals surface area contributed by atoms with Gasteiger partial charge in [-0.15, -0.1) is 11.3 Å². The Morgan fingerprint density at radius 1 is 1.29 bits per heavy atom. The van der Waals surface area contributed by atoms with Gasteiger partial charge in [0.15, 0.2) is 0 Å². The maximum Gasteiger partial charge on any atom is 0.124 e. The highest BCUT2D eigenvalue weighted by Gasteiger charge is 2.16. The molecule has 3 aromatic rings. The number of halogens is 2. The van der Waals surface area contributed by atoms with Crippen LogP contribution in [0.2, 0.25) is 0 Å². The van der Waals surface area contributed by atoms with E-state index >= 15 is 0 Å². The molecule has 0 radical (unpaired) electrons. The van der Waals surface area contributed by atoms with Crippen LogP contribution in [-0.2, 0) is 6.42 Å².